The van der Waals surface area contributed by atoms with Crippen LogP contribution in [-0.2, 0) is 4.79 Å². The van der Waals surface area contributed by atoms with Crippen molar-refractivity contribution in [2.45, 2.75) is 63.1 Å². The predicted molar refractivity (Wildman–Crippen MR) is 75.5 cm³/mol. The topological polar surface area (TPSA) is 46.3 Å². The number of nitrogens with two attached hydrogens (primary N) is 1. The number of piperidine rings is 1. The van der Waals surface area contributed by atoms with Gasteiger partial charge in [0.05, 0.1) is 0 Å². The van der Waals surface area contributed by atoms with Gasteiger partial charge < -0.3 is 10.6 Å². The SMILES string of the molecule is NC1CC2CCC(C1)N2C(=O)CC1CCSCC1. The molecule has 3 fully saturated rings. The Kier molecular flexibility index (Phi) is 3.85. The van der Waals surface area contributed by atoms with Crippen LogP contribution in [0.1, 0.15) is 44.9 Å². The van der Waals surface area contributed by atoms with Crippen molar-refractivity contribution in [2.75, 3.05) is 11.5 Å². The smallest absolute Gasteiger partial charge is 0.223 e. The van der Waals surface area contributed by atoms with E-state index in [0.717, 1.165) is 19.3 Å². The quantitative estimate of drug-likeness (QED) is 0.833. The normalized spacial score (nSPS) is 36.9. The molecule has 3 saturated heterocycles. The minimum absolute atomic E-state index is 0.331. The van der Waals surface area contributed by atoms with E-state index in [2.05, 4.69) is 4.90 Å². The maximum atomic E-state index is 12.5. The molecular formula is C14H24N2OS. The lowest BCUT2D eigenvalue weighted by Gasteiger charge is -2.38. The van der Waals surface area contributed by atoms with E-state index in [1.165, 1.54) is 37.2 Å². The first-order valence-electron chi connectivity index (χ1n) is 7.38. The van der Waals surface area contributed by atoms with Gasteiger partial charge in [-0.1, -0.05) is 0 Å². The number of hydrogen-bond acceptors (Lipinski definition) is 3. The summed E-state index contributed by atoms with van der Waals surface area (Å²) in [7, 11) is 0. The Balaban J connectivity index is 1.59. The van der Waals surface area contributed by atoms with Crippen LogP contribution < -0.4 is 5.73 Å². The molecule has 2 bridgehead atoms. The summed E-state index contributed by atoms with van der Waals surface area (Å²) in [5.41, 5.74) is 6.06. The molecule has 0 aromatic heterocycles. The number of amides is 1. The van der Waals surface area contributed by atoms with E-state index in [0.29, 0.717) is 30.0 Å². The van der Waals surface area contributed by atoms with E-state index in [1.54, 1.807) is 0 Å². The van der Waals surface area contributed by atoms with E-state index in [-0.39, 0.29) is 0 Å². The number of nitrogens with zero attached hydrogens (tertiary/aromatic N) is 1. The van der Waals surface area contributed by atoms with Crippen LogP contribution in [0.2, 0.25) is 0 Å². The second-order valence-electron chi connectivity index (χ2n) is 6.18. The highest BCUT2D eigenvalue weighted by Gasteiger charge is 2.42. The van der Waals surface area contributed by atoms with Crippen LogP contribution in [0.5, 0.6) is 0 Å². The van der Waals surface area contributed by atoms with E-state index in [1.807, 2.05) is 11.8 Å². The lowest BCUT2D eigenvalue weighted by Crippen LogP contribution is -2.50. The molecule has 2 N–H and O–H groups in total. The Bertz CT molecular complexity index is 303. The van der Waals surface area contributed by atoms with Crippen molar-refractivity contribution in [1.82, 2.24) is 4.90 Å². The molecular weight excluding hydrogens is 244 g/mol. The highest BCUT2D eigenvalue weighted by atomic mass is 32.2. The molecule has 4 heteroatoms. The summed E-state index contributed by atoms with van der Waals surface area (Å²) in [6, 6.07) is 1.26. The first-order chi connectivity index (χ1) is 8.74. The fourth-order valence-corrected chi connectivity index (χ4v) is 5.13. The van der Waals surface area contributed by atoms with Crippen LogP contribution in [0.3, 0.4) is 0 Å². The van der Waals surface area contributed by atoms with Crippen LogP contribution in [-0.4, -0.2) is 40.4 Å². The highest BCUT2D eigenvalue weighted by molar-refractivity contribution is 7.99. The van der Waals surface area contributed by atoms with Crippen LogP contribution in [0, 0.1) is 5.92 Å². The summed E-state index contributed by atoms with van der Waals surface area (Å²) in [5.74, 6) is 3.56. The molecule has 18 heavy (non-hydrogen) atoms. The molecule has 0 spiro atoms. The van der Waals surface area contributed by atoms with Gasteiger partial charge in [-0.3, -0.25) is 4.79 Å². The van der Waals surface area contributed by atoms with E-state index in [9.17, 15) is 4.79 Å². The van der Waals surface area contributed by atoms with Crippen molar-refractivity contribution in [2.24, 2.45) is 11.7 Å². The van der Waals surface area contributed by atoms with Gasteiger partial charge in [-0.2, -0.15) is 11.8 Å². The summed E-state index contributed by atoms with van der Waals surface area (Å²) in [6.07, 6.45) is 7.70. The maximum Gasteiger partial charge on any atom is 0.223 e. The monoisotopic (exact) mass is 268 g/mol. The Morgan fingerprint density at radius 1 is 1.11 bits per heavy atom. The number of fused-ring (bicyclic) bond motifs is 2. The second kappa shape index (κ2) is 5.41. The minimum atomic E-state index is 0.331. The standard InChI is InChI=1S/C14H24N2OS/c15-11-8-12-1-2-13(9-11)16(12)14(17)7-10-3-5-18-6-4-10/h10-13H,1-9,15H2. The zero-order valence-corrected chi connectivity index (χ0v) is 11.8. The zero-order chi connectivity index (χ0) is 12.5. The van der Waals surface area contributed by atoms with Crippen LogP contribution in [0.4, 0.5) is 0 Å². The Labute approximate surface area is 114 Å². The summed E-state index contributed by atoms with van der Waals surface area (Å²) in [6.45, 7) is 0. The van der Waals surface area contributed by atoms with Gasteiger partial charge in [0.25, 0.3) is 0 Å². The molecule has 3 heterocycles. The fraction of sp³-hybridized carbons (Fsp3) is 0.929. The van der Waals surface area contributed by atoms with Gasteiger partial charge in [-0.15, -0.1) is 0 Å². The van der Waals surface area contributed by atoms with Crippen molar-refractivity contribution in [1.29, 1.82) is 0 Å². The van der Waals surface area contributed by atoms with Gasteiger partial charge in [-0.25, -0.2) is 0 Å². The molecule has 0 aromatic rings. The number of hydrogen-bond donors (Lipinski definition) is 1. The molecule has 1 amide bonds. The largest absolute Gasteiger partial charge is 0.337 e. The predicted octanol–water partition coefficient (Wildman–Crippen LogP) is 2.00. The summed E-state index contributed by atoms with van der Waals surface area (Å²) >= 11 is 2.03. The second-order valence-corrected chi connectivity index (χ2v) is 7.40. The van der Waals surface area contributed by atoms with Crippen molar-refractivity contribution in [3.05, 3.63) is 0 Å². The third-order valence-electron chi connectivity index (χ3n) is 4.86. The summed E-state index contributed by atoms with van der Waals surface area (Å²) in [5, 5.41) is 0. The number of thioether (sulfide) groups is 1. The molecule has 0 aliphatic carbocycles. The molecule has 3 rings (SSSR count). The van der Waals surface area contributed by atoms with Gasteiger partial charge in [0.1, 0.15) is 0 Å². The molecule has 3 nitrogen and oxygen atoms in total. The number of carbonyl (C=O) groups excluding carboxylic acids is 1. The maximum absolute atomic E-state index is 12.5. The molecule has 3 aliphatic heterocycles. The number of rotatable bonds is 2. The lowest BCUT2D eigenvalue weighted by molar-refractivity contribution is -0.136. The van der Waals surface area contributed by atoms with Gasteiger partial charge >= 0.3 is 0 Å². The molecule has 0 aromatic carbocycles. The Hall–Kier alpha value is -0.220. The Morgan fingerprint density at radius 3 is 2.33 bits per heavy atom. The van der Waals surface area contributed by atoms with Crippen LogP contribution in [0.25, 0.3) is 0 Å². The third kappa shape index (κ3) is 2.55. The molecule has 2 atom stereocenters. The van der Waals surface area contributed by atoms with Crippen molar-refractivity contribution in [3.63, 3.8) is 0 Å². The van der Waals surface area contributed by atoms with Crippen LogP contribution >= 0.6 is 11.8 Å². The molecule has 0 radical (unpaired) electrons. The average molecular weight is 268 g/mol. The third-order valence-corrected chi connectivity index (χ3v) is 5.91. The minimum Gasteiger partial charge on any atom is -0.337 e. The molecule has 102 valence electrons. The molecule has 2 unspecified atom stereocenters. The fourth-order valence-electron chi connectivity index (χ4n) is 3.93. The Morgan fingerprint density at radius 2 is 1.72 bits per heavy atom. The first-order valence-corrected chi connectivity index (χ1v) is 8.54. The van der Waals surface area contributed by atoms with Crippen molar-refractivity contribution in [3.8, 4) is 0 Å². The van der Waals surface area contributed by atoms with Gasteiger partial charge in [0, 0.05) is 24.5 Å². The van der Waals surface area contributed by atoms with Gasteiger partial charge in [0.2, 0.25) is 5.91 Å². The van der Waals surface area contributed by atoms with Gasteiger partial charge in [-0.05, 0) is 55.9 Å². The summed E-state index contributed by atoms with van der Waals surface area (Å²) < 4.78 is 0. The van der Waals surface area contributed by atoms with Crippen molar-refractivity contribution >= 4 is 17.7 Å². The molecule has 0 saturated carbocycles. The van der Waals surface area contributed by atoms with Crippen molar-refractivity contribution < 1.29 is 4.79 Å². The first kappa shape index (κ1) is 12.8. The summed E-state index contributed by atoms with van der Waals surface area (Å²) in [4.78, 5) is 14.7. The average Bonchev–Trinajstić information content (AvgIpc) is 2.63. The van der Waals surface area contributed by atoms with E-state index in [4.69, 9.17) is 5.73 Å². The highest BCUT2D eigenvalue weighted by Crippen LogP contribution is 2.36. The zero-order valence-electron chi connectivity index (χ0n) is 11.0. The van der Waals surface area contributed by atoms with E-state index >= 15 is 0 Å². The van der Waals surface area contributed by atoms with Crippen LogP contribution in [0.15, 0.2) is 0 Å². The van der Waals surface area contributed by atoms with Gasteiger partial charge in [0.15, 0.2) is 0 Å². The number of carbonyl (C=O) groups is 1. The molecule has 3 aliphatic rings. The van der Waals surface area contributed by atoms with E-state index < -0.39 is 0 Å². The lowest BCUT2D eigenvalue weighted by atomic mass is 9.94.